The van der Waals surface area contributed by atoms with Gasteiger partial charge >= 0.3 is 18.0 Å². The number of aromatic nitrogens is 3. The zero-order valence-corrected chi connectivity index (χ0v) is 42.2. The Morgan fingerprint density at radius 1 is 1.00 bits per heavy atom. The lowest BCUT2D eigenvalue weighted by Crippen LogP contribution is -2.61. The number of carbonyl (C=O) groups excluding carboxylic acids is 4. The molecule has 0 radical (unpaired) electrons. The number of unbranched alkanes of at least 4 members (excludes halogenated alkanes) is 1. The number of methoxy groups -OCH3 is 1. The highest BCUT2D eigenvalue weighted by Gasteiger charge is 2.60. The van der Waals surface area contributed by atoms with Crippen LogP contribution in [0.15, 0.2) is 79.9 Å². The third-order valence-electron chi connectivity index (χ3n) is 14.7. The fraction of sp³-hybridized carbons (Fsp3) is 0.623. The maximum Gasteiger partial charge on any atom is 0.410 e. The predicted octanol–water partition coefficient (Wildman–Crippen LogP) is 7.07. The Morgan fingerprint density at radius 3 is 2.38 bits per heavy atom. The molecule has 3 aliphatic heterocycles. The van der Waals surface area contributed by atoms with Gasteiger partial charge in [-0.3, -0.25) is 24.3 Å². The molecular formula is C53H75N5O11. The first-order chi connectivity index (χ1) is 32.8. The Balaban J connectivity index is 1.35. The highest BCUT2D eigenvalue weighted by Crippen LogP contribution is 2.44. The molecule has 378 valence electrons. The Morgan fingerprint density at radius 2 is 1.71 bits per heavy atom. The maximum absolute atomic E-state index is 15.1. The quantitative estimate of drug-likeness (QED) is 0.0666. The topological polar surface area (TPSA) is 181 Å². The van der Waals surface area contributed by atoms with Crippen LogP contribution in [0.4, 0.5) is 4.79 Å². The molecule has 3 fully saturated rings. The van der Waals surface area contributed by atoms with Gasteiger partial charge in [0.15, 0.2) is 11.9 Å². The van der Waals surface area contributed by atoms with Gasteiger partial charge in [-0.1, -0.05) is 70.2 Å². The van der Waals surface area contributed by atoms with E-state index in [0.29, 0.717) is 38.0 Å². The van der Waals surface area contributed by atoms with Crippen molar-refractivity contribution in [3.63, 3.8) is 0 Å². The summed E-state index contributed by atoms with van der Waals surface area (Å²) in [5.74, 6) is -4.90. The van der Waals surface area contributed by atoms with Crippen molar-refractivity contribution >= 4 is 23.8 Å². The monoisotopic (exact) mass is 958 g/mol. The van der Waals surface area contributed by atoms with E-state index in [4.69, 9.17) is 28.4 Å². The van der Waals surface area contributed by atoms with Crippen LogP contribution in [0.5, 0.6) is 0 Å². The van der Waals surface area contributed by atoms with Crippen LogP contribution < -0.4 is 0 Å². The molecule has 5 heterocycles. The maximum atomic E-state index is 15.1. The van der Waals surface area contributed by atoms with E-state index in [1.165, 1.54) is 7.11 Å². The summed E-state index contributed by atoms with van der Waals surface area (Å²) in [6, 6.07) is 14.0. The number of benzene rings is 1. The minimum Gasteiger partial charge on any atom is -0.461 e. The van der Waals surface area contributed by atoms with Crippen LogP contribution in [-0.4, -0.2) is 141 Å². The average Bonchev–Trinajstić information content (AvgIpc) is 3.91. The number of hydrogen-bond acceptors (Lipinski definition) is 14. The van der Waals surface area contributed by atoms with E-state index in [1.54, 1.807) is 62.5 Å². The summed E-state index contributed by atoms with van der Waals surface area (Å²) < 4.78 is 40.8. The first-order valence-corrected chi connectivity index (χ1v) is 24.6. The minimum absolute atomic E-state index is 0.110. The molecule has 3 aliphatic rings. The number of aliphatic hydroxyl groups excluding tert-OH is 1. The zero-order valence-electron chi connectivity index (χ0n) is 42.2. The zero-order chi connectivity index (χ0) is 50.2. The Labute approximate surface area is 408 Å². The molecule has 1 N–H and O–H groups in total. The number of fused-ring (bicyclic) bond motifs is 1. The van der Waals surface area contributed by atoms with Gasteiger partial charge in [0.2, 0.25) is 0 Å². The van der Waals surface area contributed by atoms with Crippen molar-refractivity contribution in [2.75, 3.05) is 27.2 Å². The Hall–Kier alpha value is -5.00. The van der Waals surface area contributed by atoms with Gasteiger partial charge in [-0.2, -0.15) is 0 Å². The number of carbonyl (C=O) groups is 4. The number of rotatable bonds is 16. The van der Waals surface area contributed by atoms with Gasteiger partial charge in [0, 0.05) is 68.5 Å². The molecule has 0 bridgehead atoms. The van der Waals surface area contributed by atoms with Crippen LogP contribution in [0.3, 0.4) is 0 Å². The number of hydrogen-bond donors (Lipinski definition) is 1. The fourth-order valence-electron chi connectivity index (χ4n) is 11.0. The summed E-state index contributed by atoms with van der Waals surface area (Å²) in [4.78, 5) is 70.5. The van der Waals surface area contributed by atoms with E-state index in [1.807, 2.05) is 87.7 Å². The molecule has 0 saturated carbocycles. The van der Waals surface area contributed by atoms with Crippen molar-refractivity contribution in [2.45, 2.75) is 161 Å². The van der Waals surface area contributed by atoms with Crippen LogP contribution in [0.1, 0.15) is 93.2 Å². The Kier molecular flexibility index (Phi) is 18.0. The van der Waals surface area contributed by atoms with Crippen molar-refractivity contribution in [1.82, 2.24) is 24.3 Å². The van der Waals surface area contributed by atoms with E-state index in [2.05, 4.69) is 16.5 Å². The average molecular weight is 958 g/mol. The third-order valence-corrected chi connectivity index (χ3v) is 14.7. The first kappa shape index (κ1) is 53.4. The van der Waals surface area contributed by atoms with Crippen LogP contribution >= 0.6 is 0 Å². The molecule has 16 heteroatoms. The molecule has 3 saturated heterocycles. The normalized spacial score (nSPS) is 33.6. The second-order valence-corrected chi connectivity index (χ2v) is 19.9. The van der Waals surface area contributed by atoms with Gasteiger partial charge in [-0.15, -0.1) is 6.58 Å². The SMILES string of the molecule is C=CCN(C)[C@H]1C[C@@H](C)O[C@@H](O[C@@H]2[C@@H](C)[C@H](OC(=O)Cc3ccccn3)[C@@H](C)C(=O)O[C@H](CC)[C@@]3(C)OC(=O)N(CCCCn4cnc(-c5ccccc5)c4)[C@@H]3[C@@H](C)C(=O)[C@H](C)C[C@@]2(C)OC)[C@@H]1O. The molecule has 0 unspecified atom stereocenters. The minimum atomic E-state index is -1.44. The smallest absolute Gasteiger partial charge is 0.410 e. The largest absolute Gasteiger partial charge is 0.461 e. The molecule has 3 aromatic rings. The predicted molar refractivity (Wildman–Crippen MR) is 258 cm³/mol. The molecular weight excluding hydrogens is 883 g/mol. The summed E-state index contributed by atoms with van der Waals surface area (Å²) in [6.07, 6.45) is 2.68. The molecule has 1 aromatic carbocycles. The van der Waals surface area contributed by atoms with Gasteiger partial charge in [0.25, 0.3) is 0 Å². The van der Waals surface area contributed by atoms with Crippen molar-refractivity contribution in [3.8, 4) is 11.3 Å². The number of esters is 2. The van der Waals surface area contributed by atoms with Crippen molar-refractivity contribution in [2.24, 2.45) is 23.7 Å². The van der Waals surface area contributed by atoms with Gasteiger partial charge in [0.05, 0.1) is 53.9 Å². The van der Waals surface area contributed by atoms with E-state index in [-0.39, 0.29) is 43.7 Å². The number of amides is 1. The number of pyridine rings is 1. The molecule has 6 rings (SSSR count). The number of ether oxygens (including phenoxy) is 6. The molecule has 16 nitrogen and oxygen atoms in total. The van der Waals surface area contributed by atoms with Crippen LogP contribution in [-0.2, 0) is 55.8 Å². The van der Waals surface area contributed by atoms with Crippen LogP contribution in [0.25, 0.3) is 11.3 Å². The molecule has 0 aliphatic carbocycles. The number of aliphatic hydroxyl groups is 1. The lowest BCUT2D eigenvalue weighted by atomic mass is 9.73. The third kappa shape index (κ3) is 12.1. The summed E-state index contributed by atoms with van der Waals surface area (Å²) >= 11 is 0. The highest BCUT2D eigenvalue weighted by atomic mass is 16.7. The van der Waals surface area contributed by atoms with Crippen LogP contribution in [0, 0.1) is 23.7 Å². The number of ketones is 1. The van der Waals surface area contributed by atoms with E-state index in [0.717, 1.165) is 11.3 Å². The molecule has 14 atom stereocenters. The van der Waals surface area contributed by atoms with E-state index in [9.17, 15) is 19.5 Å². The van der Waals surface area contributed by atoms with Gasteiger partial charge in [0.1, 0.15) is 24.1 Å². The standard InChI is InChI=1S/C53H75N5O11/c1-12-25-56(10)41-28-34(4)65-50(45(41)61)68-48-36(6)46(67-43(59)29-39-23-17-18-24-54-39)37(7)49(62)66-42(13-2)53(9)47(35(5)44(60)33(3)30-52(48,8)64-11)58(51(63)69-53)27-20-19-26-57-31-40(55-32-57)38-21-15-14-16-22-38/h12,14-18,21-24,31-37,41-42,45-48,50,61H,1,13,19-20,25-30H2,2-11H3/t33-,34-,35+,36+,37-,41+,42-,45-,46+,47-,48-,50+,52-,53-/m1/s1. The molecule has 69 heavy (non-hydrogen) atoms. The number of nitrogens with zero attached hydrogens (tertiary/aromatic N) is 5. The number of imidazole rings is 1. The number of cyclic esters (lactones) is 1. The fourth-order valence-corrected chi connectivity index (χ4v) is 11.0. The highest BCUT2D eigenvalue weighted by molar-refractivity contribution is 5.85. The lowest BCUT2D eigenvalue weighted by molar-refractivity contribution is -0.302. The summed E-state index contributed by atoms with van der Waals surface area (Å²) in [5, 5.41) is 11.9. The van der Waals surface area contributed by atoms with E-state index < -0.39 is 89.7 Å². The van der Waals surface area contributed by atoms with Crippen molar-refractivity contribution in [1.29, 1.82) is 0 Å². The second-order valence-electron chi connectivity index (χ2n) is 19.9. The van der Waals surface area contributed by atoms with Crippen LogP contribution in [0.2, 0.25) is 0 Å². The molecule has 2 aromatic heterocycles. The number of aryl methyl sites for hydroxylation is 1. The van der Waals surface area contributed by atoms with Gasteiger partial charge in [-0.05, 0) is 79.0 Å². The molecule has 0 spiro atoms. The van der Waals surface area contributed by atoms with E-state index >= 15 is 4.79 Å². The first-order valence-electron chi connectivity index (χ1n) is 24.6. The van der Waals surface area contributed by atoms with Gasteiger partial charge < -0.3 is 43.0 Å². The van der Waals surface area contributed by atoms with Crippen molar-refractivity contribution in [3.05, 3.63) is 85.6 Å². The second kappa shape index (κ2) is 23.3. The van der Waals surface area contributed by atoms with Crippen molar-refractivity contribution < 1.29 is 52.7 Å². The van der Waals surface area contributed by atoms with Gasteiger partial charge in [-0.25, -0.2) is 9.78 Å². The lowest BCUT2D eigenvalue weighted by Gasteiger charge is -2.48. The summed E-state index contributed by atoms with van der Waals surface area (Å²) in [5.41, 5.74) is -0.397. The summed E-state index contributed by atoms with van der Waals surface area (Å²) in [7, 11) is 3.42. The number of Topliss-reactive ketones (excluding diaryl/α,β-unsaturated/α-hetero) is 1. The molecule has 1 amide bonds. The number of likely N-dealkylation sites (N-methyl/N-ethyl adjacent to an activating group) is 1. The Bertz CT molecular complexity index is 2190. The summed E-state index contributed by atoms with van der Waals surface area (Å²) in [6.45, 7) is 19.7.